The Hall–Kier alpha value is -0.420. The van der Waals surface area contributed by atoms with E-state index in [0.29, 0.717) is 10.9 Å². The minimum absolute atomic E-state index is 0. The van der Waals surface area contributed by atoms with Crippen LogP contribution in [0.5, 0.6) is 0 Å². The second kappa shape index (κ2) is 9.02. The van der Waals surface area contributed by atoms with Gasteiger partial charge in [0.15, 0.2) is 0 Å². The summed E-state index contributed by atoms with van der Waals surface area (Å²) in [6.07, 6.45) is 1.97. The van der Waals surface area contributed by atoms with Gasteiger partial charge in [-0.1, -0.05) is 18.5 Å². The average Bonchev–Trinajstić information content (AvgIpc) is 2.48. The lowest BCUT2D eigenvalue weighted by atomic mass is 9.90. The summed E-state index contributed by atoms with van der Waals surface area (Å²) in [7, 11) is 0. The van der Waals surface area contributed by atoms with Gasteiger partial charge in [0.1, 0.15) is 0 Å². The molecule has 1 unspecified atom stereocenters. The standard InChI is InChI=1S/C16H23ClN2OS.ClH/c1-3-21-15-5-4-13(17)10-14(15)16(20)19-8-6-12(7-9-19)11(2)18;/h4-5,10-12H,3,6-9,18H2,1-2H3;1H. The fraction of sp³-hybridized carbons (Fsp3) is 0.562. The molecule has 0 aliphatic carbocycles. The largest absolute Gasteiger partial charge is 0.339 e. The maximum absolute atomic E-state index is 12.7. The Morgan fingerprint density at radius 1 is 1.45 bits per heavy atom. The van der Waals surface area contributed by atoms with E-state index in [1.165, 1.54) is 0 Å². The molecule has 1 aromatic rings. The van der Waals surface area contributed by atoms with Crippen molar-refractivity contribution in [3.63, 3.8) is 0 Å². The fourth-order valence-corrected chi connectivity index (χ4v) is 3.70. The van der Waals surface area contributed by atoms with Crippen LogP contribution >= 0.6 is 35.8 Å². The average molecular weight is 363 g/mol. The molecule has 1 amide bonds. The molecule has 0 spiro atoms. The molecule has 1 aliphatic rings. The van der Waals surface area contributed by atoms with E-state index in [9.17, 15) is 4.79 Å². The second-order valence-corrected chi connectivity index (χ2v) is 7.30. The number of amides is 1. The third kappa shape index (κ3) is 4.79. The van der Waals surface area contributed by atoms with E-state index in [2.05, 4.69) is 13.8 Å². The summed E-state index contributed by atoms with van der Waals surface area (Å²) in [5.74, 6) is 1.56. The Morgan fingerprint density at radius 2 is 2.09 bits per heavy atom. The van der Waals surface area contributed by atoms with Crippen LogP contribution in [0.3, 0.4) is 0 Å². The third-order valence-corrected chi connectivity index (χ3v) is 5.23. The van der Waals surface area contributed by atoms with Crippen LogP contribution in [0.15, 0.2) is 23.1 Å². The highest BCUT2D eigenvalue weighted by molar-refractivity contribution is 7.99. The van der Waals surface area contributed by atoms with Gasteiger partial charge in [-0.2, -0.15) is 0 Å². The first-order chi connectivity index (χ1) is 10.0. The zero-order valence-electron chi connectivity index (χ0n) is 13.0. The molecule has 6 heteroatoms. The number of benzene rings is 1. The number of nitrogens with zero attached hydrogens (tertiary/aromatic N) is 1. The summed E-state index contributed by atoms with van der Waals surface area (Å²) in [4.78, 5) is 15.7. The van der Waals surface area contributed by atoms with Crippen LogP contribution < -0.4 is 5.73 Å². The first kappa shape index (κ1) is 19.6. The number of halogens is 2. The normalized spacial score (nSPS) is 17.0. The highest BCUT2D eigenvalue weighted by atomic mass is 35.5. The van der Waals surface area contributed by atoms with Crippen LogP contribution in [-0.4, -0.2) is 35.7 Å². The summed E-state index contributed by atoms with van der Waals surface area (Å²) in [6.45, 7) is 5.71. The number of thioether (sulfide) groups is 1. The van der Waals surface area contributed by atoms with Crippen LogP contribution in [0.25, 0.3) is 0 Å². The van der Waals surface area contributed by atoms with E-state index in [-0.39, 0.29) is 24.4 Å². The lowest BCUT2D eigenvalue weighted by Crippen LogP contribution is -2.42. The molecule has 2 N–H and O–H groups in total. The first-order valence-electron chi connectivity index (χ1n) is 7.50. The number of hydrogen-bond acceptors (Lipinski definition) is 3. The molecule has 0 radical (unpaired) electrons. The number of hydrogen-bond donors (Lipinski definition) is 1. The number of piperidine rings is 1. The predicted molar refractivity (Wildman–Crippen MR) is 97.4 cm³/mol. The number of nitrogens with two attached hydrogens (primary N) is 1. The van der Waals surface area contributed by atoms with Crippen molar-refractivity contribution < 1.29 is 4.79 Å². The molecule has 3 nitrogen and oxygen atoms in total. The van der Waals surface area contributed by atoms with Gasteiger partial charge in [0.2, 0.25) is 0 Å². The third-order valence-electron chi connectivity index (χ3n) is 4.04. The molecule has 1 heterocycles. The van der Waals surface area contributed by atoms with Crippen LogP contribution in [0.2, 0.25) is 5.02 Å². The molecule has 1 saturated heterocycles. The summed E-state index contributed by atoms with van der Waals surface area (Å²) in [5.41, 5.74) is 6.69. The number of likely N-dealkylation sites (tertiary alicyclic amines) is 1. The molecule has 0 bridgehead atoms. The predicted octanol–water partition coefficient (Wildman–Crippen LogP) is 4.07. The Bertz CT molecular complexity index is 503. The molecule has 124 valence electrons. The van der Waals surface area contributed by atoms with Crippen molar-refractivity contribution in [3.05, 3.63) is 28.8 Å². The number of carbonyl (C=O) groups is 1. The monoisotopic (exact) mass is 362 g/mol. The van der Waals surface area contributed by atoms with Crippen molar-refractivity contribution in [2.24, 2.45) is 11.7 Å². The van der Waals surface area contributed by atoms with E-state index in [4.69, 9.17) is 17.3 Å². The smallest absolute Gasteiger partial charge is 0.255 e. The van der Waals surface area contributed by atoms with Gasteiger partial charge >= 0.3 is 0 Å². The minimum atomic E-state index is 0. The summed E-state index contributed by atoms with van der Waals surface area (Å²) < 4.78 is 0. The van der Waals surface area contributed by atoms with E-state index in [1.807, 2.05) is 17.0 Å². The molecule has 0 aromatic heterocycles. The Balaban J connectivity index is 0.00000242. The zero-order valence-corrected chi connectivity index (χ0v) is 15.4. The van der Waals surface area contributed by atoms with Gasteiger partial charge in [-0.15, -0.1) is 24.2 Å². The van der Waals surface area contributed by atoms with Crippen LogP contribution in [0.4, 0.5) is 0 Å². The van der Waals surface area contributed by atoms with Crippen molar-refractivity contribution in [3.8, 4) is 0 Å². The van der Waals surface area contributed by atoms with Gasteiger partial charge in [0, 0.05) is 29.0 Å². The second-order valence-electron chi connectivity index (χ2n) is 5.56. The van der Waals surface area contributed by atoms with Gasteiger partial charge in [-0.25, -0.2) is 0 Å². The van der Waals surface area contributed by atoms with Crippen molar-refractivity contribution >= 4 is 41.7 Å². The maximum Gasteiger partial charge on any atom is 0.255 e. The van der Waals surface area contributed by atoms with E-state index in [1.54, 1.807) is 17.8 Å². The van der Waals surface area contributed by atoms with E-state index < -0.39 is 0 Å². The molecule has 22 heavy (non-hydrogen) atoms. The summed E-state index contributed by atoms with van der Waals surface area (Å²) >= 11 is 7.75. The van der Waals surface area contributed by atoms with Gasteiger partial charge in [-0.3, -0.25) is 4.79 Å². The quantitative estimate of drug-likeness (QED) is 0.820. The Morgan fingerprint density at radius 3 is 2.64 bits per heavy atom. The Labute approximate surface area is 148 Å². The van der Waals surface area contributed by atoms with Crippen LogP contribution in [0, 0.1) is 5.92 Å². The summed E-state index contributed by atoms with van der Waals surface area (Å²) in [6, 6.07) is 5.79. The molecule has 1 aromatic carbocycles. The zero-order chi connectivity index (χ0) is 15.4. The highest BCUT2D eigenvalue weighted by Crippen LogP contribution is 2.28. The topological polar surface area (TPSA) is 46.3 Å². The van der Waals surface area contributed by atoms with Crippen molar-refractivity contribution in [1.29, 1.82) is 0 Å². The molecular formula is C16H24Cl2N2OS. The highest BCUT2D eigenvalue weighted by Gasteiger charge is 2.26. The van der Waals surface area contributed by atoms with Gasteiger partial charge in [-0.05, 0) is 49.6 Å². The molecule has 1 aliphatic heterocycles. The Kier molecular flexibility index (Phi) is 8.04. The van der Waals surface area contributed by atoms with Crippen molar-refractivity contribution in [2.75, 3.05) is 18.8 Å². The maximum atomic E-state index is 12.7. The SMILES string of the molecule is CCSc1ccc(Cl)cc1C(=O)N1CCC(C(C)N)CC1.Cl. The number of carbonyl (C=O) groups excluding carboxylic acids is 1. The molecule has 1 fully saturated rings. The fourth-order valence-electron chi connectivity index (χ4n) is 2.75. The van der Waals surface area contributed by atoms with Gasteiger partial charge < -0.3 is 10.6 Å². The molecule has 0 saturated carbocycles. The van der Waals surface area contributed by atoms with Crippen molar-refractivity contribution in [2.45, 2.75) is 37.6 Å². The van der Waals surface area contributed by atoms with Crippen molar-refractivity contribution in [1.82, 2.24) is 4.90 Å². The first-order valence-corrected chi connectivity index (χ1v) is 8.86. The van der Waals surface area contributed by atoms with E-state index >= 15 is 0 Å². The van der Waals surface area contributed by atoms with Crippen LogP contribution in [0.1, 0.15) is 37.0 Å². The lowest BCUT2D eigenvalue weighted by molar-refractivity contribution is 0.0677. The van der Waals surface area contributed by atoms with E-state index in [0.717, 1.165) is 42.1 Å². The number of rotatable bonds is 4. The lowest BCUT2D eigenvalue weighted by Gasteiger charge is -2.34. The molecular weight excluding hydrogens is 339 g/mol. The molecule has 2 rings (SSSR count). The molecule has 1 atom stereocenters. The van der Waals surface area contributed by atoms with Gasteiger partial charge in [0.05, 0.1) is 5.56 Å². The van der Waals surface area contributed by atoms with Gasteiger partial charge in [0.25, 0.3) is 5.91 Å². The summed E-state index contributed by atoms with van der Waals surface area (Å²) in [5, 5.41) is 0.615. The van der Waals surface area contributed by atoms with Crippen LogP contribution in [-0.2, 0) is 0 Å². The minimum Gasteiger partial charge on any atom is -0.339 e.